The second-order valence-corrected chi connectivity index (χ2v) is 5.49. The van der Waals surface area contributed by atoms with Crippen LogP contribution in [-0.2, 0) is 7.05 Å². The van der Waals surface area contributed by atoms with Crippen LogP contribution in [0.4, 0.5) is 23.8 Å². The summed E-state index contributed by atoms with van der Waals surface area (Å²) in [5.74, 6) is -1.19. The summed E-state index contributed by atoms with van der Waals surface area (Å²) in [6.45, 7) is 2.96. The molecular weight excluding hydrogens is 273 g/mol. The largest absolute Gasteiger partial charge is 0.394 e. The number of nitrogens with zero attached hydrogens (tertiary/aromatic N) is 3. The summed E-state index contributed by atoms with van der Waals surface area (Å²) in [7, 11) is 1.69. The number of amides is 2. The molecule has 2 rings (SSSR count). The molecule has 5 nitrogen and oxygen atoms in total. The van der Waals surface area contributed by atoms with Crippen molar-refractivity contribution in [1.29, 1.82) is 0 Å². The predicted molar refractivity (Wildman–Crippen MR) is 67.2 cm³/mol. The third-order valence-electron chi connectivity index (χ3n) is 3.78. The number of carbonyl (C=O) groups excluding carboxylic acids is 1. The van der Waals surface area contributed by atoms with Crippen LogP contribution >= 0.6 is 0 Å². The van der Waals surface area contributed by atoms with E-state index in [1.54, 1.807) is 19.3 Å². The smallest absolute Gasteiger partial charge is 0.319 e. The number of urea groups is 1. The van der Waals surface area contributed by atoms with Crippen molar-refractivity contribution in [1.82, 2.24) is 14.7 Å². The highest BCUT2D eigenvalue weighted by Gasteiger charge is 2.56. The van der Waals surface area contributed by atoms with E-state index in [9.17, 15) is 18.0 Å². The molecule has 2 amide bonds. The highest BCUT2D eigenvalue weighted by Crippen LogP contribution is 2.44. The maximum absolute atomic E-state index is 12.9. The molecule has 0 radical (unpaired) electrons. The fraction of sp³-hybridized carbons (Fsp3) is 0.667. The minimum Gasteiger partial charge on any atom is -0.319 e. The molecular formula is C12H17F3N4O. The maximum Gasteiger partial charge on any atom is 0.394 e. The second kappa shape index (κ2) is 4.68. The Morgan fingerprint density at radius 3 is 2.60 bits per heavy atom. The van der Waals surface area contributed by atoms with Gasteiger partial charge in [0.1, 0.15) is 0 Å². The molecule has 1 aromatic rings. The van der Waals surface area contributed by atoms with Crippen LogP contribution < -0.4 is 5.32 Å². The molecule has 1 fully saturated rings. The quantitative estimate of drug-likeness (QED) is 0.864. The van der Waals surface area contributed by atoms with Crippen molar-refractivity contribution >= 4 is 11.8 Å². The number of anilines is 1. The number of hydrogen-bond donors (Lipinski definition) is 1. The number of aryl methyl sites for hydroxylation is 1. The summed E-state index contributed by atoms with van der Waals surface area (Å²) in [6.07, 6.45) is -2.74. The normalized spacial score (nSPS) is 22.1. The number of likely N-dealkylation sites (tertiary alicyclic amines) is 1. The van der Waals surface area contributed by atoms with Gasteiger partial charge in [0.2, 0.25) is 0 Å². The number of hydrogen-bond acceptors (Lipinski definition) is 2. The van der Waals surface area contributed by atoms with E-state index >= 15 is 0 Å². The first kappa shape index (κ1) is 14.7. The second-order valence-electron chi connectivity index (χ2n) is 5.49. The third-order valence-corrected chi connectivity index (χ3v) is 3.78. The standard InChI is InChI=1S/C12H17F3N4O/c1-11(2)8(12(13,14)15)4-7-19(11)10(20)16-9-5-6-18(3)17-9/h5-6,8H,4,7H2,1-3H3,(H,16,17,20). The van der Waals surface area contributed by atoms with Gasteiger partial charge in [-0.2, -0.15) is 18.3 Å². The molecule has 0 bridgehead atoms. The zero-order valence-corrected chi connectivity index (χ0v) is 11.5. The molecule has 2 heterocycles. The summed E-state index contributed by atoms with van der Waals surface area (Å²) in [6, 6.07) is 1.03. The average Bonchev–Trinajstić information content (AvgIpc) is 2.80. The monoisotopic (exact) mass is 290 g/mol. The summed E-state index contributed by atoms with van der Waals surface area (Å²) < 4.78 is 40.4. The van der Waals surface area contributed by atoms with Gasteiger partial charge in [-0.3, -0.25) is 10.00 Å². The van der Waals surface area contributed by atoms with Gasteiger partial charge < -0.3 is 4.90 Å². The van der Waals surface area contributed by atoms with E-state index in [0.717, 1.165) is 0 Å². The zero-order valence-electron chi connectivity index (χ0n) is 11.5. The SMILES string of the molecule is Cn1ccc(NC(=O)N2CCC(C(F)(F)F)C2(C)C)n1. The molecule has 1 saturated heterocycles. The molecule has 8 heteroatoms. The fourth-order valence-electron chi connectivity index (χ4n) is 2.67. The molecule has 0 aliphatic carbocycles. The Balaban J connectivity index is 2.11. The summed E-state index contributed by atoms with van der Waals surface area (Å²) >= 11 is 0. The van der Waals surface area contributed by atoms with Crippen molar-refractivity contribution in [2.45, 2.75) is 32.0 Å². The Bertz CT molecular complexity index is 509. The van der Waals surface area contributed by atoms with Crippen molar-refractivity contribution in [3.05, 3.63) is 12.3 Å². The molecule has 20 heavy (non-hydrogen) atoms. The molecule has 1 aliphatic rings. The predicted octanol–water partition coefficient (Wildman–Crippen LogP) is 2.61. The lowest BCUT2D eigenvalue weighted by Crippen LogP contribution is -2.51. The van der Waals surface area contributed by atoms with Gasteiger partial charge in [-0.25, -0.2) is 4.79 Å². The molecule has 1 aliphatic heterocycles. The molecule has 1 atom stereocenters. The van der Waals surface area contributed by atoms with Crippen molar-refractivity contribution in [3.8, 4) is 0 Å². The van der Waals surface area contributed by atoms with Crippen LogP contribution in [0.1, 0.15) is 20.3 Å². The van der Waals surface area contributed by atoms with Gasteiger partial charge >= 0.3 is 12.2 Å². The number of alkyl halides is 3. The van der Waals surface area contributed by atoms with Crippen molar-refractivity contribution in [3.63, 3.8) is 0 Å². The number of nitrogens with one attached hydrogen (secondary N) is 1. The van der Waals surface area contributed by atoms with E-state index in [-0.39, 0.29) is 13.0 Å². The highest BCUT2D eigenvalue weighted by molar-refractivity contribution is 5.89. The van der Waals surface area contributed by atoms with Gasteiger partial charge in [0.25, 0.3) is 0 Å². The first-order valence-electron chi connectivity index (χ1n) is 6.27. The lowest BCUT2D eigenvalue weighted by atomic mass is 9.88. The van der Waals surface area contributed by atoms with E-state index in [4.69, 9.17) is 0 Å². The Morgan fingerprint density at radius 2 is 2.15 bits per heavy atom. The number of halogens is 3. The number of rotatable bonds is 1. The minimum atomic E-state index is -4.30. The van der Waals surface area contributed by atoms with Crippen LogP contribution in [0.2, 0.25) is 0 Å². The topological polar surface area (TPSA) is 50.2 Å². The van der Waals surface area contributed by atoms with Gasteiger partial charge in [-0.05, 0) is 20.3 Å². The zero-order chi connectivity index (χ0) is 15.1. The van der Waals surface area contributed by atoms with Crippen molar-refractivity contribution < 1.29 is 18.0 Å². The molecule has 1 aromatic heterocycles. The molecule has 1 N–H and O–H groups in total. The van der Waals surface area contributed by atoms with Crippen LogP contribution in [0.25, 0.3) is 0 Å². The lowest BCUT2D eigenvalue weighted by molar-refractivity contribution is -0.189. The molecule has 0 spiro atoms. The van der Waals surface area contributed by atoms with Gasteiger partial charge in [0.15, 0.2) is 5.82 Å². The number of carbonyl (C=O) groups is 1. The van der Waals surface area contributed by atoms with Crippen molar-refractivity contribution in [2.24, 2.45) is 13.0 Å². The summed E-state index contributed by atoms with van der Waals surface area (Å²) in [5, 5.41) is 6.49. The third kappa shape index (κ3) is 2.59. The van der Waals surface area contributed by atoms with Gasteiger partial charge in [-0.1, -0.05) is 0 Å². The van der Waals surface area contributed by atoms with Gasteiger partial charge in [0.05, 0.1) is 11.5 Å². The summed E-state index contributed by atoms with van der Waals surface area (Å²) in [5.41, 5.74) is -1.27. The maximum atomic E-state index is 12.9. The Kier molecular flexibility index (Phi) is 3.43. The van der Waals surface area contributed by atoms with E-state index in [1.165, 1.54) is 23.4 Å². The molecule has 112 valence electrons. The van der Waals surface area contributed by atoms with Crippen LogP contribution in [-0.4, -0.2) is 39.0 Å². The first-order chi connectivity index (χ1) is 9.12. The highest BCUT2D eigenvalue weighted by atomic mass is 19.4. The van der Waals surface area contributed by atoms with Crippen LogP contribution in [0.3, 0.4) is 0 Å². The molecule has 1 unspecified atom stereocenters. The summed E-state index contributed by atoms with van der Waals surface area (Å²) in [4.78, 5) is 13.3. The van der Waals surface area contributed by atoms with Crippen LogP contribution in [0, 0.1) is 5.92 Å². The molecule has 0 saturated carbocycles. The number of aromatic nitrogens is 2. The van der Waals surface area contributed by atoms with E-state index < -0.39 is 23.7 Å². The Labute approximate surface area is 114 Å². The van der Waals surface area contributed by atoms with Crippen molar-refractivity contribution in [2.75, 3.05) is 11.9 Å². The van der Waals surface area contributed by atoms with Crippen LogP contribution in [0.5, 0.6) is 0 Å². The van der Waals surface area contributed by atoms with Gasteiger partial charge in [0, 0.05) is 25.9 Å². The lowest BCUT2D eigenvalue weighted by Gasteiger charge is -2.36. The Hall–Kier alpha value is -1.73. The average molecular weight is 290 g/mol. The van der Waals surface area contributed by atoms with Crippen LogP contribution in [0.15, 0.2) is 12.3 Å². The minimum absolute atomic E-state index is 0.0772. The first-order valence-corrected chi connectivity index (χ1v) is 6.27. The fourth-order valence-corrected chi connectivity index (χ4v) is 2.67. The van der Waals surface area contributed by atoms with Gasteiger partial charge in [-0.15, -0.1) is 0 Å². The van der Waals surface area contributed by atoms with E-state index in [0.29, 0.717) is 5.82 Å². The van der Waals surface area contributed by atoms with E-state index in [1.807, 2.05) is 0 Å². The molecule has 0 aromatic carbocycles. The van der Waals surface area contributed by atoms with E-state index in [2.05, 4.69) is 10.4 Å². The Morgan fingerprint density at radius 1 is 1.50 bits per heavy atom.